The van der Waals surface area contributed by atoms with Crippen LogP contribution >= 0.6 is 11.3 Å². The number of thiazole rings is 1. The Labute approximate surface area is 88.6 Å². The maximum absolute atomic E-state index is 11.5. The molecule has 0 aromatic carbocycles. The molecule has 0 bridgehead atoms. The molecule has 0 aliphatic heterocycles. The van der Waals surface area contributed by atoms with Gasteiger partial charge in [-0.3, -0.25) is 4.79 Å². The number of carbonyl (C=O) groups excluding carboxylic acids is 1. The summed E-state index contributed by atoms with van der Waals surface area (Å²) < 4.78 is 0. The van der Waals surface area contributed by atoms with Crippen LogP contribution in [0.4, 0.5) is 0 Å². The van der Waals surface area contributed by atoms with Gasteiger partial charge in [0.15, 0.2) is 0 Å². The lowest BCUT2D eigenvalue weighted by Gasteiger charge is -2.16. The molecule has 4 heteroatoms. The molecular formula is C10H16N2OS. The first-order valence-electron chi connectivity index (χ1n) is 4.59. The van der Waals surface area contributed by atoms with E-state index in [9.17, 15) is 4.79 Å². The molecule has 0 aliphatic rings. The Morgan fingerprint density at radius 2 is 2.21 bits per heavy atom. The van der Waals surface area contributed by atoms with Crippen LogP contribution in [0.5, 0.6) is 0 Å². The van der Waals surface area contributed by atoms with Crippen LogP contribution in [0.25, 0.3) is 0 Å². The maximum atomic E-state index is 11.5. The molecule has 0 atom stereocenters. The van der Waals surface area contributed by atoms with Gasteiger partial charge in [0.05, 0.1) is 11.6 Å². The summed E-state index contributed by atoms with van der Waals surface area (Å²) in [6, 6.07) is 0. The van der Waals surface area contributed by atoms with Crippen LogP contribution in [0.2, 0.25) is 0 Å². The first-order valence-corrected chi connectivity index (χ1v) is 5.41. The molecule has 14 heavy (non-hydrogen) atoms. The minimum absolute atomic E-state index is 0.0727. The molecule has 1 N–H and O–H groups in total. The fourth-order valence-corrected chi connectivity index (χ4v) is 1.65. The van der Waals surface area contributed by atoms with Crippen LogP contribution in [0, 0.1) is 12.3 Å². The second-order valence-corrected chi connectivity index (χ2v) is 5.60. The lowest BCUT2D eigenvalue weighted by Crippen LogP contribution is -2.34. The number of rotatable bonds is 2. The standard InChI is InChI=1S/C10H16N2OS/c1-7-11-5-8(14-7)6-12-9(13)10(2,3)4/h5H,6H2,1-4H3,(H,12,13). The zero-order chi connectivity index (χ0) is 10.8. The number of aryl methyl sites for hydroxylation is 1. The molecule has 0 saturated heterocycles. The predicted octanol–water partition coefficient (Wildman–Crippen LogP) is 2.11. The number of hydrogen-bond acceptors (Lipinski definition) is 3. The molecule has 1 heterocycles. The summed E-state index contributed by atoms with van der Waals surface area (Å²) in [4.78, 5) is 16.7. The van der Waals surface area contributed by atoms with Crippen molar-refractivity contribution in [1.82, 2.24) is 10.3 Å². The van der Waals surface area contributed by atoms with Crippen molar-refractivity contribution in [2.75, 3.05) is 0 Å². The smallest absolute Gasteiger partial charge is 0.225 e. The van der Waals surface area contributed by atoms with E-state index in [0.29, 0.717) is 6.54 Å². The topological polar surface area (TPSA) is 42.0 Å². The molecule has 1 rings (SSSR count). The Morgan fingerprint density at radius 1 is 1.57 bits per heavy atom. The molecule has 0 aliphatic carbocycles. The van der Waals surface area contributed by atoms with E-state index in [-0.39, 0.29) is 11.3 Å². The highest BCUT2D eigenvalue weighted by Crippen LogP contribution is 2.14. The first-order chi connectivity index (χ1) is 6.39. The average Bonchev–Trinajstić information content (AvgIpc) is 2.45. The molecule has 0 fully saturated rings. The number of nitrogens with zero attached hydrogens (tertiary/aromatic N) is 1. The summed E-state index contributed by atoms with van der Waals surface area (Å²) >= 11 is 1.61. The Kier molecular flexibility index (Phi) is 3.26. The van der Waals surface area contributed by atoms with Crippen LogP contribution in [0.3, 0.4) is 0 Å². The van der Waals surface area contributed by atoms with Gasteiger partial charge in [-0.25, -0.2) is 4.98 Å². The summed E-state index contributed by atoms with van der Waals surface area (Å²) in [6.45, 7) is 8.25. The van der Waals surface area contributed by atoms with Gasteiger partial charge in [-0.15, -0.1) is 11.3 Å². The highest BCUT2D eigenvalue weighted by molar-refractivity contribution is 7.11. The predicted molar refractivity (Wildman–Crippen MR) is 58.2 cm³/mol. The van der Waals surface area contributed by atoms with Crippen molar-refractivity contribution < 1.29 is 4.79 Å². The third-order valence-corrected chi connectivity index (χ3v) is 2.69. The van der Waals surface area contributed by atoms with Crippen molar-refractivity contribution in [3.63, 3.8) is 0 Å². The van der Waals surface area contributed by atoms with Gasteiger partial charge in [-0.05, 0) is 6.92 Å². The van der Waals surface area contributed by atoms with Gasteiger partial charge in [0.2, 0.25) is 5.91 Å². The average molecular weight is 212 g/mol. The van der Waals surface area contributed by atoms with Gasteiger partial charge in [-0.1, -0.05) is 20.8 Å². The molecule has 0 unspecified atom stereocenters. The summed E-state index contributed by atoms with van der Waals surface area (Å²) in [5, 5.41) is 3.92. The van der Waals surface area contributed by atoms with Gasteiger partial charge in [0, 0.05) is 16.5 Å². The summed E-state index contributed by atoms with van der Waals surface area (Å²) in [7, 11) is 0. The molecule has 3 nitrogen and oxygen atoms in total. The van der Waals surface area contributed by atoms with Gasteiger partial charge in [0.25, 0.3) is 0 Å². The molecule has 78 valence electrons. The molecule has 1 aromatic rings. The second kappa shape index (κ2) is 4.09. The van der Waals surface area contributed by atoms with E-state index >= 15 is 0 Å². The summed E-state index contributed by atoms with van der Waals surface area (Å²) in [5.74, 6) is 0.0727. The minimum atomic E-state index is -0.320. The molecule has 0 saturated carbocycles. The van der Waals surface area contributed by atoms with E-state index in [1.54, 1.807) is 11.3 Å². The fourth-order valence-electron chi connectivity index (χ4n) is 0.920. The summed E-state index contributed by atoms with van der Waals surface area (Å²) in [5.41, 5.74) is -0.320. The van der Waals surface area contributed by atoms with Crippen molar-refractivity contribution in [2.45, 2.75) is 34.2 Å². The lowest BCUT2D eigenvalue weighted by atomic mass is 9.96. The van der Waals surface area contributed by atoms with Crippen LogP contribution in [0.1, 0.15) is 30.7 Å². The van der Waals surface area contributed by atoms with Gasteiger partial charge in [0.1, 0.15) is 0 Å². The number of carbonyl (C=O) groups is 1. The number of aromatic nitrogens is 1. The van der Waals surface area contributed by atoms with Gasteiger partial charge in [-0.2, -0.15) is 0 Å². The van der Waals surface area contributed by atoms with Crippen molar-refractivity contribution in [3.05, 3.63) is 16.1 Å². The number of hydrogen-bond donors (Lipinski definition) is 1. The zero-order valence-electron chi connectivity index (χ0n) is 9.05. The molecular weight excluding hydrogens is 196 g/mol. The van der Waals surface area contributed by atoms with E-state index < -0.39 is 0 Å². The molecule has 1 aromatic heterocycles. The second-order valence-electron chi connectivity index (χ2n) is 4.28. The van der Waals surface area contributed by atoms with E-state index in [4.69, 9.17) is 0 Å². The summed E-state index contributed by atoms with van der Waals surface area (Å²) in [6.07, 6.45) is 1.81. The third kappa shape index (κ3) is 3.10. The van der Waals surface area contributed by atoms with Crippen molar-refractivity contribution in [2.24, 2.45) is 5.41 Å². The Balaban J connectivity index is 2.46. The van der Waals surface area contributed by atoms with E-state index in [0.717, 1.165) is 9.88 Å². The van der Waals surface area contributed by atoms with E-state index in [2.05, 4.69) is 10.3 Å². The monoisotopic (exact) mass is 212 g/mol. The largest absolute Gasteiger partial charge is 0.351 e. The number of amides is 1. The molecule has 1 amide bonds. The van der Waals surface area contributed by atoms with Gasteiger partial charge >= 0.3 is 0 Å². The van der Waals surface area contributed by atoms with Crippen LogP contribution in [0.15, 0.2) is 6.20 Å². The van der Waals surface area contributed by atoms with Crippen LogP contribution in [-0.4, -0.2) is 10.9 Å². The first kappa shape index (κ1) is 11.2. The Hall–Kier alpha value is -0.900. The van der Waals surface area contributed by atoms with E-state index in [1.165, 1.54) is 0 Å². The van der Waals surface area contributed by atoms with Crippen molar-refractivity contribution in [3.8, 4) is 0 Å². The SMILES string of the molecule is Cc1ncc(CNC(=O)C(C)(C)C)s1. The molecule has 0 radical (unpaired) electrons. The van der Waals surface area contributed by atoms with Gasteiger partial charge < -0.3 is 5.32 Å². The number of nitrogens with one attached hydrogen (secondary N) is 1. The van der Waals surface area contributed by atoms with Crippen LogP contribution < -0.4 is 5.32 Å². The Morgan fingerprint density at radius 3 is 2.64 bits per heavy atom. The normalized spacial score (nSPS) is 11.4. The Bertz CT molecular complexity index is 325. The molecule has 0 spiro atoms. The maximum Gasteiger partial charge on any atom is 0.225 e. The third-order valence-electron chi connectivity index (χ3n) is 1.77. The zero-order valence-corrected chi connectivity index (χ0v) is 9.86. The quantitative estimate of drug-likeness (QED) is 0.816. The lowest BCUT2D eigenvalue weighted by molar-refractivity contribution is -0.128. The highest BCUT2D eigenvalue weighted by atomic mass is 32.1. The highest BCUT2D eigenvalue weighted by Gasteiger charge is 2.20. The van der Waals surface area contributed by atoms with E-state index in [1.807, 2.05) is 33.9 Å². The van der Waals surface area contributed by atoms with Crippen molar-refractivity contribution >= 4 is 17.2 Å². The minimum Gasteiger partial charge on any atom is -0.351 e. The van der Waals surface area contributed by atoms with Crippen molar-refractivity contribution in [1.29, 1.82) is 0 Å². The fraction of sp³-hybridized carbons (Fsp3) is 0.600. The van der Waals surface area contributed by atoms with Crippen LogP contribution in [-0.2, 0) is 11.3 Å².